The van der Waals surface area contributed by atoms with Gasteiger partial charge in [0.1, 0.15) is 0 Å². The molecule has 4 nitrogen and oxygen atoms in total. The van der Waals surface area contributed by atoms with Gasteiger partial charge in [0.2, 0.25) is 5.91 Å². The number of hydrogen-bond acceptors (Lipinski definition) is 3. The third-order valence-electron chi connectivity index (χ3n) is 1.77. The molecule has 1 amide bonds. The highest BCUT2D eigenvalue weighted by molar-refractivity contribution is 5.87. The SMILES string of the molecule is CC(C)NCC(=O)NCC(=O)C(C)C.[HH].[HH]. The zero-order valence-corrected chi connectivity index (χ0v) is 9.39. The molecular weight excluding hydrogens is 180 g/mol. The number of ketones is 1. The van der Waals surface area contributed by atoms with Crippen LogP contribution in [0.4, 0.5) is 0 Å². The number of carbonyl (C=O) groups is 2. The Morgan fingerprint density at radius 3 is 2.14 bits per heavy atom. The van der Waals surface area contributed by atoms with Crippen LogP contribution in [0.1, 0.15) is 30.5 Å². The summed E-state index contributed by atoms with van der Waals surface area (Å²) in [5, 5.41) is 5.54. The van der Waals surface area contributed by atoms with Crippen molar-refractivity contribution in [3.8, 4) is 0 Å². The lowest BCUT2D eigenvalue weighted by Crippen LogP contribution is -2.39. The first-order chi connectivity index (χ1) is 6.43. The van der Waals surface area contributed by atoms with E-state index in [4.69, 9.17) is 0 Å². The van der Waals surface area contributed by atoms with Crippen molar-refractivity contribution in [3.05, 3.63) is 0 Å². The molecule has 0 fully saturated rings. The topological polar surface area (TPSA) is 58.2 Å². The predicted molar refractivity (Wildman–Crippen MR) is 60.2 cm³/mol. The highest BCUT2D eigenvalue weighted by Gasteiger charge is 2.08. The average Bonchev–Trinajstić information content (AvgIpc) is 2.10. The summed E-state index contributed by atoms with van der Waals surface area (Å²) >= 11 is 0. The van der Waals surface area contributed by atoms with Crippen LogP contribution in [0, 0.1) is 5.92 Å². The van der Waals surface area contributed by atoms with Gasteiger partial charge < -0.3 is 10.6 Å². The molecule has 14 heavy (non-hydrogen) atoms. The van der Waals surface area contributed by atoms with Gasteiger partial charge in [0.15, 0.2) is 5.78 Å². The molecule has 2 N–H and O–H groups in total. The van der Waals surface area contributed by atoms with Crippen LogP contribution in [-0.4, -0.2) is 30.8 Å². The summed E-state index contributed by atoms with van der Waals surface area (Å²) in [6, 6.07) is 0.279. The molecule has 4 heteroatoms. The summed E-state index contributed by atoms with van der Waals surface area (Å²) in [5.74, 6) is -0.0936. The van der Waals surface area contributed by atoms with Crippen LogP contribution in [0.25, 0.3) is 0 Å². The van der Waals surface area contributed by atoms with E-state index >= 15 is 0 Å². The van der Waals surface area contributed by atoms with E-state index in [9.17, 15) is 9.59 Å². The molecule has 0 saturated carbocycles. The van der Waals surface area contributed by atoms with Crippen molar-refractivity contribution in [2.24, 2.45) is 5.92 Å². The molecule has 0 radical (unpaired) electrons. The van der Waals surface area contributed by atoms with Gasteiger partial charge in [0.05, 0.1) is 13.1 Å². The first-order valence-electron chi connectivity index (χ1n) is 4.96. The van der Waals surface area contributed by atoms with Gasteiger partial charge in [-0.05, 0) is 0 Å². The molecule has 0 aliphatic carbocycles. The van der Waals surface area contributed by atoms with Gasteiger partial charge in [-0.3, -0.25) is 9.59 Å². The lowest BCUT2D eigenvalue weighted by molar-refractivity contribution is -0.126. The minimum Gasteiger partial charge on any atom is -0.348 e. The first kappa shape index (κ1) is 13.1. The number of nitrogens with one attached hydrogen (secondary N) is 2. The second kappa shape index (κ2) is 6.54. The first-order valence-corrected chi connectivity index (χ1v) is 4.96. The van der Waals surface area contributed by atoms with E-state index in [0.29, 0.717) is 0 Å². The Labute approximate surface area is 88.4 Å². The zero-order chi connectivity index (χ0) is 11.1. The summed E-state index contributed by atoms with van der Waals surface area (Å²) in [6.07, 6.45) is 0. The molecule has 0 unspecified atom stereocenters. The van der Waals surface area contributed by atoms with Gasteiger partial charge in [-0.25, -0.2) is 0 Å². The number of carbonyl (C=O) groups excluding carboxylic acids is 2. The van der Waals surface area contributed by atoms with Crippen LogP contribution in [0.3, 0.4) is 0 Å². The van der Waals surface area contributed by atoms with E-state index in [2.05, 4.69) is 10.6 Å². The van der Waals surface area contributed by atoms with Gasteiger partial charge in [-0.15, -0.1) is 0 Å². The molecule has 0 aromatic rings. The minimum absolute atomic E-state index is 0. The van der Waals surface area contributed by atoms with E-state index in [-0.39, 0.29) is 39.6 Å². The van der Waals surface area contributed by atoms with Crippen molar-refractivity contribution in [1.82, 2.24) is 10.6 Å². The molecule has 0 aromatic carbocycles. The lowest BCUT2D eigenvalue weighted by atomic mass is 10.1. The van der Waals surface area contributed by atoms with Crippen molar-refractivity contribution < 1.29 is 12.4 Å². The number of Topliss-reactive ketones (excluding diaryl/α,β-unsaturated/α-hetero) is 1. The third-order valence-corrected chi connectivity index (χ3v) is 1.77. The van der Waals surface area contributed by atoms with Crippen molar-refractivity contribution in [1.29, 1.82) is 0 Å². The number of amides is 1. The lowest BCUT2D eigenvalue weighted by Gasteiger charge is -2.09. The largest absolute Gasteiger partial charge is 0.348 e. The Bertz CT molecular complexity index is 209. The molecule has 0 aromatic heterocycles. The maximum atomic E-state index is 11.2. The van der Waals surface area contributed by atoms with Crippen molar-refractivity contribution >= 4 is 11.7 Å². The maximum absolute atomic E-state index is 11.2. The molecule has 0 aliphatic heterocycles. The smallest absolute Gasteiger partial charge is 0.234 e. The van der Waals surface area contributed by atoms with Crippen molar-refractivity contribution in [2.45, 2.75) is 33.7 Å². The Morgan fingerprint density at radius 1 is 1.14 bits per heavy atom. The Kier molecular flexibility index (Phi) is 6.12. The second-order valence-corrected chi connectivity index (χ2v) is 3.93. The van der Waals surface area contributed by atoms with Gasteiger partial charge in [-0.2, -0.15) is 0 Å². The van der Waals surface area contributed by atoms with Crippen LogP contribution in [0.2, 0.25) is 0 Å². The fraction of sp³-hybridized carbons (Fsp3) is 0.800. The van der Waals surface area contributed by atoms with Crippen LogP contribution < -0.4 is 10.6 Å². The molecular formula is C10H24N2O2. The molecule has 0 rings (SSSR count). The van der Waals surface area contributed by atoms with E-state index in [1.807, 2.05) is 27.7 Å². The predicted octanol–water partition coefficient (Wildman–Crippen LogP) is 0.818. The summed E-state index contributed by atoms with van der Waals surface area (Å²) in [6.45, 7) is 7.97. The monoisotopic (exact) mass is 204 g/mol. The summed E-state index contributed by atoms with van der Waals surface area (Å²) in [7, 11) is 0. The van der Waals surface area contributed by atoms with Crippen LogP contribution in [-0.2, 0) is 9.59 Å². The van der Waals surface area contributed by atoms with Crippen LogP contribution in [0.5, 0.6) is 0 Å². The molecule has 86 valence electrons. The Hall–Kier alpha value is -0.900. The molecule has 0 atom stereocenters. The standard InChI is InChI=1S/C10H20N2O2.2H2/c1-7(2)9(13)5-12-10(14)6-11-8(3)4;;/h7-8,11H,5-6H2,1-4H3,(H,12,14);2*1H. The van der Waals surface area contributed by atoms with Gasteiger partial charge in [0, 0.05) is 14.8 Å². The Balaban J connectivity index is -0.000000845. The van der Waals surface area contributed by atoms with Gasteiger partial charge in [0.25, 0.3) is 0 Å². The quantitative estimate of drug-likeness (QED) is 0.673. The van der Waals surface area contributed by atoms with Gasteiger partial charge in [-0.1, -0.05) is 27.7 Å². The molecule has 0 aliphatic rings. The molecule has 0 spiro atoms. The number of hydrogen-bond donors (Lipinski definition) is 2. The Morgan fingerprint density at radius 2 is 1.71 bits per heavy atom. The maximum Gasteiger partial charge on any atom is 0.234 e. The summed E-state index contributed by atoms with van der Waals surface area (Å²) in [5.41, 5.74) is 0. The average molecular weight is 204 g/mol. The van der Waals surface area contributed by atoms with E-state index < -0.39 is 0 Å². The van der Waals surface area contributed by atoms with E-state index in [0.717, 1.165) is 0 Å². The van der Waals surface area contributed by atoms with Crippen molar-refractivity contribution in [3.63, 3.8) is 0 Å². The fourth-order valence-electron chi connectivity index (χ4n) is 0.749. The highest BCUT2D eigenvalue weighted by atomic mass is 16.2. The van der Waals surface area contributed by atoms with Crippen molar-refractivity contribution in [2.75, 3.05) is 13.1 Å². The zero-order valence-electron chi connectivity index (χ0n) is 9.39. The summed E-state index contributed by atoms with van der Waals surface area (Å²) in [4.78, 5) is 22.3. The van der Waals surface area contributed by atoms with Gasteiger partial charge >= 0.3 is 0 Å². The van der Waals surface area contributed by atoms with E-state index in [1.54, 1.807) is 0 Å². The third kappa shape index (κ3) is 6.60. The fourth-order valence-corrected chi connectivity index (χ4v) is 0.749. The van der Waals surface area contributed by atoms with E-state index in [1.165, 1.54) is 0 Å². The highest BCUT2D eigenvalue weighted by Crippen LogP contribution is 1.91. The van der Waals surface area contributed by atoms with Crippen LogP contribution in [0.15, 0.2) is 0 Å². The summed E-state index contributed by atoms with van der Waals surface area (Å²) < 4.78 is 0. The molecule has 0 heterocycles. The minimum atomic E-state index is -0.132. The molecule has 0 saturated heterocycles. The normalized spacial score (nSPS) is 10.7. The second-order valence-electron chi connectivity index (χ2n) is 3.93. The van der Waals surface area contributed by atoms with Crippen LogP contribution >= 0.6 is 0 Å². The molecule has 0 bridgehead atoms. The number of rotatable bonds is 6.